The second kappa shape index (κ2) is 4.52. The minimum Gasteiger partial charge on any atom is -0.465 e. The maximum absolute atomic E-state index is 11.9. The molecule has 1 N–H and O–H groups in total. The summed E-state index contributed by atoms with van der Waals surface area (Å²) < 4.78 is 10.6. The predicted molar refractivity (Wildman–Crippen MR) is 59.8 cm³/mol. The lowest BCUT2D eigenvalue weighted by Crippen LogP contribution is -2.57. The largest absolute Gasteiger partial charge is 0.465 e. The highest BCUT2D eigenvalue weighted by atomic mass is 16.6. The highest BCUT2D eigenvalue weighted by molar-refractivity contribution is 5.81. The first kappa shape index (κ1) is 13.8. The van der Waals surface area contributed by atoms with Crippen molar-refractivity contribution in [1.82, 2.24) is 4.90 Å². The number of esters is 1. The fourth-order valence-corrected chi connectivity index (χ4v) is 1.54. The van der Waals surface area contributed by atoms with Crippen LogP contribution in [0.2, 0.25) is 0 Å². The van der Waals surface area contributed by atoms with Crippen molar-refractivity contribution in [3.63, 3.8) is 0 Å². The number of carboxylic acid groups (broad SMARTS) is 1. The molecule has 6 nitrogen and oxygen atoms in total. The summed E-state index contributed by atoms with van der Waals surface area (Å²) in [5.74, 6) is -0.532. The van der Waals surface area contributed by atoms with Gasteiger partial charge < -0.3 is 19.5 Å². The number of carbonyl (C=O) groups excluding carboxylic acids is 1. The van der Waals surface area contributed by atoms with Gasteiger partial charge in [-0.2, -0.15) is 0 Å². The molecule has 17 heavy (non-hydrogen) atoms. The highest BCUT2D eigenvalue weighted by Gasteiger charge is 2.43. The van der Waals surface area contributed by atoms with Crippen LogP contribution in [0.25, 0.3) is 0 Å². The van der Waals surface area contributed by atoms with E-state index in [1.165, 1.54) is 0 Å². The van der Waals surface area contributed by atoms with Crippen molar-refractivity contribution in [2.45, 2.75) is 38.9 Å². The number of nitrogens with zero attached hydrogens (tertiary/aromatic N) is 1. The molecule has 1 atom stereocenters. The smallest absolute Gasteiger partial charge is 0.407 e. The molecule has 1 unspecified atom stereocenters. The van der Waals surface area contributed by atoms with Crippen LogP contribution >= 0.6 is 0 Å². The molecular formula is C11H19NO5. The lowest BCUT2D eigenvalue weighted by atomic mass is 10.0. The fourth-order valence-electron chi connectivity index (χ4n) is 1.54. The second-order valence-electron chi connectivity index (χ2n) is 5.29. The van der Waals surface area contributed by atoms with E-state index in [2.05, 4.69) is 0 Å². The zero-order valence-corrected chi connectivity index (χ0v) is 10.6. The molecule has 0 spiro atoms. The summed E-state index contributed by atoms with van der Waals surface area (Å²) in [6.45, 7) is 7.29. The van der Waals surface area contributed by atoms with E-state index in [1.807, 2.05) is 0 Å². The summed E-state index contributed by atoms with van der Waals surface area (Å²) in [6, 6.07) is 0. The first-order valence-corrected chi connectivity index (χ1v) is 5.49. The number of rotatable bonds is 1. The average molecular weight is 245 g/mol. The van der Waals surface area contributed by atoms with E-state index in [1.54, 1.807) is 27.7 Å². The van der Waals surface area contributed by atoms with E-state index < -0.39 is 23.3 Å². The molecule has 1 amide bonds. The maximum Gasteiger partial charge on any atom is 0.407 e. The number of carbonyl (C=O) groups is 2. The summed E-state index contributed by atoms with van der Waals surface area (Å²) in [4.78, 5) is 24.0. The summed E-state index contributed by atoms with van der Waals surface area (Å²) in [6.07, 6.45) is -1.05. The number of amides is 1. The zero-order valence-electron chi connectivity index (χ0n) is 10.6. The topological polar surface area (TPSA) is 76.1 Å². The van der Waals surface area contributed by atoms with Crippen LogP contribution in [0, 0.1) is 0 Å². The molecule has 0 saturated carbocycles. The molecule has 98 valence electrons. The SMILES string of the molecule is CC(C)(C)OC(=O)C1(C)CN(C(=O)O)CCO1. The van der Waals surface area contributed by atoms with Gasteiger partial charge in [0, 0.05) is 6.54 Å². The second-order valence-corrected chi connectivity index (χ2v) is 5.29. The number of hydrogen-bond donors (Lipinski definition) is 1. The summed E-state index contributed by atoms with van der Waals surface area (Å²) in [7, 11) is 0. The molecule has 0 aromatic carbocycles. The van der Waals surface area contributed by atoms with Crippen LogP contribution in [-0.4, -0.2) is 53.0 Å². The minimum atomic E-state index is -1.22. The van der Waals surface area contributed by atoms with Gasteiger partial charge >= 0.3 is 12.1 Å². The third-order valence-corrected chi connectivity index (χ3v) is 2.38. The summed E-state index contributed by atoms with van der Waals surface area (Å²) in [5, 5.41) is 8.90. The molecular weight excluding hydrogens is 226 g/mol. The Kier molecular flexibility index (Phi) is 3.66. The highest BCUT2D eigenvalue weighted by Crippen LogP contribution is 2.22. The fraction of sp³-hybridized carbons (Fsp3) is 0.818. The van der Waals surface area contributed by atoms with Gasteiger partial charge in [-0.3, -0.25) is 0 Å². The molecule has 0 radical (unpaired) electrons. The minimum absolute atomic E-state index is 0.00273. The molecule has 1 aliphatic rings. The zero-order chi connectivity index (χ0) is 13.3. The number of hydrogen-bond acceptors (Lipinski definition) is 4. The van der Waals surface area contributed by atoms with Crippen molar-refractivity contribution in [2.24, 2.45) is 0 Å². The van der Waals surface area contributed by atoms with Gasteiger partial charge in [0.1, 0.15) is 5.60 Å². The van der Waals surface area contributed by atoms with E-state index in [0.717, 1.165) is 4.90 Å². The quantitative estimate of drug-likeness (QED) is 0.700. The Bertz CT molecular complexity index is 322. The first-order chi connectivity index (χ1) is 7.64. The van der Waals surface area contributed by atoms with Gasteiger partial charge in [-0.15, -0.1) is 0 Å². The van der Waals surface area contributed by atoms with Crippen molar-refractivity contribution in [3.8, 4) is 0 Å². The molecule has 0 aliphatic carbocycles. The van der Waals surface area contributed by atoms with Crippen LogP contribution in [0.15, 0.2) is 0 Å². The molecule has 1 aliphatic heterocycles. The van der Waals surface area contributed by atoms with Crippen molar-refractivity contribution in [3.05, 3.63) is 0 Å². The van der Waals surface area contributed by atoms with Gasteiger partial charge in [0.2, 0.25) is 0 Å². The lowest BCUT2D eigenvalue weighted by molar-refractivity contribution is -0.189. The van der Waals surface area contributed by atoms with E-state index in [0.29, 0.717) is 0 Å². The standard InChI is InChI=1S/C11H19NO5/c1-10(2,3)17-8(13)11(4)7-12(9(14)15)5-6-16-11/h5-7H2,1-4H3,(H,14,15). The monoisotopic (exact) mass is 245 g/mol. The lowest BCUT2D eigenvalue weighted by Gasteiger charge is -2.38. The van der Waals surface area contributed by atoms with Crippen molar-refractivity contribution >= 4 is 12.1 Å². The van der Waals surface area contributed by atoms with Crippen LogP contribution in [0.1, 0.15) is 27.7 Å². The number of morpholine rings is 1. The Hall–Kier alpha value is -1.30. The van der Waals surface area contributed by atoms with Crippen molar-refractivity contribution < 1.29 is 24.2 Å². The van der Waals surface area contributed by atoms with Crippen LogP contribution < -0.4 is 0 Å². The molecule has 0 aromatic heterocycles. The Balaban J connectivity index is 2.73. The van der Waals surface area contributed by atoms with Gasteiger partial charge in [-0.05, 0) is 27.7 Å². The van der Waals surface area contributed by atoms with Gasteiger partial charge in [-0.25, -0.2) is 9.59 Å². The summed E-state index contributed by atoms with van der Waals surface area (Å²) in [5.41, 5.74) is -1.83. The van der Waals surface area contributed by atoms with Crippen molar-refractivity contribution in [1.29, 1.82) is 0 Å². The molecule has 1 saturated heterocycles. The predicted octanol–water partition coefficient (Wildman–Crippen LogP) is 1.10. The third-order valence-electron chi connectivity index (χ3n) is 2.38. The normalized spacial score (nSPS) is 25.5. The first-order valence-electron chi connectivity index (χ1n) is 5.49. The van der Waals surface area contributed by atoms with Crippen molar-refractivity contribution in [2.75, 3.05) is 19.7 Å². The van der Waals surface area contributed by atoms with Crippen LogP contribution in [0.3, 0.4) is 0 Å². The Morgan fingerprint density at radius 3 is 2.47 bits per heavy atom. The van der Waals surface area contributed by atoms with Crippen LogP contribution in [0.5, 0.6) is 0 Å². The van der Waals surface area contributed by atoms with E-state index in [4.69, 9.17) is 14.6 Å². The maximum atomic E-state index is 11.9. The third kappa shape index (κ3) is 3.59. The molecule has 1 rings (SSSR count). The number of ether oxygens (including phenoxy) is 2. The van der Waals surface area contributed by atoms with Crippen LogP contribution in [0.4, 0.5) is 4.79 Å². The molecule has 0 bridgehead atoms. The molecule has 1 fully saturated rings. The average Bonchev–Trinajstić information content (AvgIpc) is 2.15. The summed E-state index contributed by atoms with van der Waals surface area (Å²) >= 11 is 0. The molecule has 6 heteroatoms. The van der Waals surface area contributed by atoms with E-state index >= 15 is 0 Å². The van der Waals surface area contributed by atoms with E-state index in [-0.39, 0.29) is 19.7 Å². The molecule has 0 aromatic rings. The van der Waals surface area contributed by atoms with Gasteiger partial charge in [0.15, 0.2) is 5.60 Å². The van der Waals surface area contributed by atoms with Crippen LogP contribution in [-0.2, 0) is 14.3 Å². The Morgan fingerprint density at radius 2 is 2.00 bits per heavy atom. The Labute approximate surface area is 100 Å². The van der Waals surface area contributed by atoms with Gasteiger partial charge in [-0.1, -0.05) is 0 Å². The van der Waals surface area contributed by atoms with Gasteiger partial charge in [0.25, 0.3) is 0 Å². The van der Waals surface area contributed by atoms with E-state index in [9.17, 15) is 9.59 Å². The Morgan fingerprint density at radius 1 is 1.41 bits per heavy atom. The van der Waals surface area contributed by atoms with Gasteiger partial charge in [0.05, 0.1) is 13.2 Å². The molecule has 1 heterocycles.